The summed E-state index contributed by atoms with van der Waals surface area (Å²) in [6.45, 7) is 3.97. The van der Waals surface area contributed by atoms with Crippen molar-refractivity contribution in [3.05, 3.63) is 28.5 Å². The molecule has 84 valence electrons. The minimum absolute atomic E-state index is 0.0444. The van der Waals surface area contributed by atoms with Crippen LogP contribution in [0.15, 0.2) is 12.3 Å². The standard InChI is InChI=1S/C12H13ClN2O/c1-9-7-11(12(13)15-8-9)5-3-4-6-14-10(2)16/h7-8H,4,6H2,1-2H3,(H,14,16). The van der Waals surface area contributed by atoms with Crippen LogP contribution in [0.1, 0.15) is 24.5 Å². The van der Waals surface area contributed by atoms with Crippen molar-refractivity contribution in [1.82, 2.24) is 10.3 Å². The molecule has 1 aromatic rings. The molecule has 0 radical (unpaired) electrons. The molecule has 0 atom stereocenters. The summed E-state index contributed by atoms with van der Waals surface area (Å²) in [5.41, 5.74) is 1.75. The van der Waals surface area contributed by atoms with E-state index in [1.165, 1.54) is 6.92 Å². The third-order valence-corrected chi connectivity index (χ3v) is 2.12. The third kappa shape index (κ3) is 4.33. The van der Waals surface area contributed by atoms with E-state index >= 15 is 0 Å². The van der Waals surface area contributed by atoms with Gasteiger partial charge < -0.3 is 5.32 Å². The van der Waals surface area contributed by atoms with E-state index in [1.54, 1.807) is 6.20 Å². The van der Waals surface area contributed by atoms with E-state index in [2.05, 4.69) is 22.1 Å². The molecule has 0 saturated carbocycles. The maximum Gasteiger partial charge on any atom is 0.216 e. The van der Waals surface area contributed by atoms with Crippen LogP contribution in [0, 0.1) is 18.8 Å². The van der Waals surface area contributed by atoms with E-state index in [-0.39, 0.29) is 5.91 Å². The molecule has 16 heavy (non-hydrogen) atoms. The van der Waals surface area contributed by atoms with Crippen molar-refractivity contribution in [2.45, 2.75) is 20.3 Å². The molecule has 0 aliphatic carbocycles. The maximum absolute atomic E-state index is 10.6. The van der Waals surface area contributed by atoms with Crippen LogP contribution in [0.5, 0.6) is 0 Å². The SMILES string of the molecule is CC(=O)NCCC#Cc1cc(C)cnc1Cl. The van der Waals surface area contributed by atoms with Crippen molar-refractivity contribution in [2.24, 2.45) is 0 Å². The minimum atomic E-state index is -0.0444. The summed E-state index contributed by atoms with van der Waals surface area (Å²) in [4.78, 5) is 14.6. The van der Waals surface area contributed by atoms with Crippen LogP contribution in [0.4, 0.5) is 0 Å². The summed E-state index contributed by atoms with van der Waals surface area (Å²) in [5, 5.41) is 3.08. The first-order chi connectivity index (χ1) is 7.59. The van der Waals surface area contributed by atoms with Gasteiger partial charge >= 0.3 is 0 Å². The molecule has 0 spiro atoms. The molecule has 0 bridgehead atoms. The first-order valence-electron chi connectivity index (χ1n) is 4.95. The fraction of sp³-hybridized carbons (Fsp3) is 0.333. The number of nitrogens with one attached hydrogen (secondary N) is 1. The first kappa shape index (κ1) is 12.5. The quantitative estimate of drug-likeness (QED) is 0.484. The molecular weight excluding hydrogens is 224 g/mol. The average Bonchev–Trinajstić information content (AvgIpc) is 2.22. The molecule has 1 N–H and O–H groups in total. The largest absolute Gasteiger partial charge is 0.355 e. The lowest BCUT2D eigenvalue weighted by atomic mass is 10.2. The molecule has 0 unspecified atom stereocenters. The zero-order valence-corrected chi connectivity index (χ0v) is 10.1. The highest BCUT2D eigenvalue weighted by Gasteiger charge is 1.97. The van der Waals surface area contributed by atoms with E-state index in [1.807, 2.05) is 13.0 Å². The van der Waals surface area contributed by atoms with E-state index in [9.17, 15) is 4.79 Å². The van der Waals surface area contributed by atoms with E-state index in [0.29, 0.717) is 18.1 Å². The predicted molar refractivity (Wildman–Crippen MR) is 64.2 cm³/mol. The van der Waals surface area contributed by atoms with Gasteiger partial charge in [0.1, 0.15) is 5.15 Å². The minimum Gasteiger partial charge on any atom is -0.355 e. The van der Waals surface area contributed by atoms with Crippen LogP contribution in [-0.2, 0) is 4.79 Å². The number of aromatic nitrogens is 1. The van der Waals surface area contributed by atoms with Crippen LogP contribution in [0.25, 0.3) is 0 Å². The van der Waals surface area contributed by atoms with Gasteiger partial charge in [0, 0.05) is 26.1 Å². The topological polar surface area (TPSA) is 42.0 Å². The van der Waals surface area contributed by atoms with E-state index in [0.717, 1.165) is 11.1 Å². The van der Waals surface area contributed by atoms with Gasteiger partial charge in [-0.15, -0.1) is 0 Å². The van der Waals surface area contributed by atoms with Crippen molar-refractivity contribution in [3.63, 3.8) is 0 Å². The molecule has 0 saturated heterocycles. The highest BCUT2D eigenvalue weighted by Crippen LogP contribution is 2.12. The first-order valence-corrected chi connectivity index (χ1v) is 5.33. The second-order valence-corrected chi connectivity index (χ2v) is 3.74. The van der Waals surface area contributed by atoms with Crippen LogP contribution >= 0.6 is 11.6 Å². The predicted octanol–water partition coefficient (Wildman–Crippen LogP) is 1.92. The molecule has 3 nitrogen and oxygen atoms in total. The van der Waals surface area contributed by atoms with Gasteiger partial charge in [0.2, 0.25) is 5.91 Å². The van der Waals surface area contributed by atoms with Crippen molar-refractivity contribution < 1.29 is 4.79 Å². The Morgan fingerprint density at radius 2 is 2.38 bits per heavy atom. The number of carbonyl (C=O) groups excluding carboxylic acids is 1. The molecule has 0 aliphatic heterocycles. The summed E-state index contributed by atoms with van der Waals surface area (Å²) in [6, 6.07) is 1.89. The summed E-state index contributed by atoms with van der Waals surface area (Å²) >= 11 is 5.88. The van der Waals surface area contributed by atoms with Gasteiger partial charge in [-0.1, -0.05) is 23.4 Å². The number of rotatable bonds is 2. The van der Waals surface area contributed by atoms with Crippen molar-refractivity contribution in [2.75, 3.05) is 6.54 Å². The number of hydrogen-bond donors (Lipinski definition) is 1. The lowest BCUT2D eigenvalue weighted by Crippen LogP contribution is -2.20. The highest BCUT2D eigenvalue weighted by molar-refractivity contribution is 6.30. The van der Waals surface area contributed by atoms with Gasteiger partial charge in [-0.05, 0) is 18.6 Å². The Kier molecular flexibility index (Phi) is 4.81. The Labute approximate surface area is 100 Å². The number of aryl methyl sites for hydroxylation is 1. The van der Waals surface area contributed by atoms with Gasteiger partial charge in [-0.2, -0.15) is 0 Å². The van der Waals surface area contributed by atoms with Gasteiger partial charge in [-0.25, -0.2) is 4.98 Å². The van der Waals surface area contributed by atoms with Crippen molar-refractivity contribution >= 4 is 17.5 Å². The third-order valence-electron chi connectivity index (χ3n) is 1.82. The Morgan fingerprint density at radius 3 is 3.06 bits per heavy atom. The zero-order valence-electron chi connectivity index (χ0n) is 9.30. The van der Waals surface area contributed by atoms with E-state index < -0.39 is 0 Å². The molecule has 0 aromatic carbocycles. The summed E-state index contributed by atoms with van der Waals surface area (Å²) < 4.78 is 0. The summed E-state index contributed by atoms with van der Waals surface area (Å²) in [7, 11) is 0. The fourth-order valence-electron chi connectivity index (χ4n) is 1.10. The Morgan fingerprint density at radius 1 is 1.62 bits per heavy atom. The van der Waals surface area contributed by atoms with Crippen LogP contribution in [-0.4, -0.2) is 17.4 Å². The number of nitrogens with zero attached hydrogens (tertiary/aromatic N) is 1. The molecule has 1 heterocycles. The molecule has 1 rings (SSSR count). The lowest BCUT2D eigenvalue weighted by molar-refractivity contribution is -0.118. The number of pyridine rings is 1. The number of halogens is 1. The Bertz CT molecular complexity index is 446. The second kappa shape index (κ2) is 6.14. The summed E-state index contributed by atoms with van der Waals surface area (Å²) in [5.74, 6) is 5.82. The lowest BCUT2D eigenvalue weighted by Gasteiger charge is -1.97. The van der Waals surface area contributed by atoms with Gasteiger partial charge in [0.15, 0.2) is 0 Å². The second-order valence-electron chi connectivity index (χ2n) is 3.39. The Balaban J connectivity index is 2.56. The van der Waals surface area contributed by atoms with Crippen LogP contribution in [0.3, 0.4) is 0 Å². The Hall–Kier alpha value is -1.53. The number of amides is 1. The maximum atomic E-state index is 10.6. The molecule has 1 amide bonds. The highest BCUT2D eigenvalue weighted by atomic mass is 35.5. The average molecular weight is 237 g/mol. The summed E-state index contributed by atoms with van der Waals surface area (Å²) in [6.07, 6.45) is 2.30. The van der Waals surface area contributed by atoms with Gasteiger partial charge in [0.05, 0.1) is 5.56 Å². The van der Waals surface area contributed by atoms with Crippen LogP contribution in [0.2, 0.25) is 5.15 Å². The zero-order chi connectivity index (χ0) is 12.0. The van der Waals surface area contributed by atoms with Crippen LogP contribution < -0.4 is 5.32 Å². The normalized spacial score (nSPS) is 9.19. The van der Waals surface area contributed by atoms with Crippen molar-refractivity contribution in [1.29, 1.82) is 0 Å². The molecular formula is C12H13ClN2O. The number of hydrogen-bond acceptors (Lipinski definition) is 2. The molecule has 0 fully saturated rings. The monoisotopic (exact) mass is 236 g/mol. The van der Waals surface area contributed by atoms with Crippen molar-refractivity contribution in [3.8, 4) is 11.8 Å². The molecule has 4 heteroatoms. The molecule has 1 aromatic heterocycles. The molecule has 0 aliphatic rings. The van der Waals surface area contributed by atoms with Gasteiger partial charge in [-0.3, -0.25) is 4.79 Å². The smallest absolute Gasteiger partial charge is 0.216 e. The fourth-order valence-corrected chi connectivity index (χ4v) is 1.25. The van der Waals surface area contributed by atoms with E-state index in [4.69, 9.17) is 11.6 Å². The number of carbonyl (C=O) groups is 1. The van der Waals surface area contributed by atoms with Gasteiger partial charge in [0.25, 0.3) is 0 Å².